The molecule has 0 radical (unpaired) electrons. The summed E-state index contributed by atoms with van der Waals surface area (Å²) in [4.78, 5) is 17.0. The molecule has 0 spiro atoms. The third-order valence-electron chi connectivity index (χ3n) is 3.75. The van der Waals surface area contributed by atoms with E-state index in [-0.39, 0.29) is 23.6 Å². The number of nitrogens with zero attached hydrogens (tertiary/aromatic N) is 1. The van der Waals surface area contributed by atoms with Gasteiger partial charge in [0.1, 0.15) is 5.82 Å². The van der Waals surface area contributed by atoms with E-state index in [2.05, 4.69) is 4.99 Å². The van der Waals surface area contributed by atoms with E-state index in [4.69, 9.17) is 4.74 Å². The van der Waals surface area contributed by atoms with E-state index in [1.54, 1.807) is 19.1 Å². The fourth-order valence-electron chi connectivity index (χ4n) is 2.76. The number of carbonyl (C=O) groups excluding carboxylic acids is 1. The minimum atomic E-state index is -0.322. The Kier molecular flexibility index (Phi) is 5.11. The summed E-state index contributed by atoms with van der Waals surface area (Å²) in [5, 5.41) is 0. The van der Waals surface area contributed by atoms with Crippen molar-refractivity contribution in [2.75, 3.05) is 6.61 Å². The maximum atomic E-state index is 13.2. The minimum absolute atomic E-state index is 0.123. The molecule has 0 N–H and O–H groups in total. The molecule has 1 aliphatic rings. The van der Waals surface area contributed by atoms with E-state index in [1.807, 2.05) is 20.8 Å². The number of ether oxygens (including phenoxy) is 1. The largest absolute Gasteiger partial charge is 0.463 e. The molecule has 0 aliphatic carbocycles. The number of esters is 1. The van der Waals surface area contributed by atoms with E-state index in [0.29, 0.717) is 18.6 Å². The molecule has 0 aromatic heterocycles. The predicted molar refractivity (Wildman–Crippen MR) is 85.4 cm³/mol. The summed E-state index contributed by atoms with van der Waals surface area (Å²) in [6.07, 6.45) is 0.649. The summed E-state index contributed by atoms with van der Waals surface area (Å²) >= 11 is 0. The van der Waals surface area contributed by atoms with E-state index in [9.17, 15) is 9.18 Å². The summed E-state index contributed by atoms with van der Waals surface area (Å²) in [7, 11) is 0. The van der Waals surface area contributed by atoms with Gasteiger partial charge < -0.3 is 4.74 Å². The highest BCUT2D eigenvalue weighted by atomic mass is 19.1. The standard InChI is InChI=1S/C18H22FNO2/c1-5-22-18(21)16-15(13-6-8-14(19)9-7-13)10-12(4)20-17(16)11(2)3/h6-9,11,15H,5,10H2,1-4H3. The molecule has 1 aromatic rings. The monoisotopic (exact) mass is 303 g/mol. The second kappa shape index (κ2) is 6.86. The molecule has 0 amide bonds. The molecule has 22 heavy (non-hydrogen) atoms. The first-order chi connectivity index (χ1) is 10.4. The molecule has 0 fully saturated rings. The van der Waals surface area contributed by atoms with Crippen LogP contribution in [0.3, 0.4) is 0 Å². The van der Waals surface area contributed by atoms with Crippen molar-refractivity contribution in [2.24, 2.45) is 10.9 Å². The number of hydrogen-bond donors (Lipinski definition) is 0. The highest BCUT2D eigenvalue weighted by molar-refractivity contribution is 5.96. The molecule has 4 heteroatoms. The van der Waals surface area contributed by atoms with Gasteiger partial charge in [-0.15, -0.1) is 0 Å². The molecule has 1 unspecified atom stereocenters. The molecular formula is C18H22FNO2. The average Bonchev–Trinajstić information content (AvgIpc) is 2.47. The first-order valence-corrected chi connectivity index (χ1v) is 7.64. The highest BCUT2D eigenvalue weighted by Crippen LogP contribution is 2.37. The van der Waals surface area contributed by atoms with Crippen molar-refractivity contribution >= 4 is 11.7 Å². The third kappa shape index (κ3) is 3.43. The molecule has 0 saturated heterocycles. The zero-order chi connectivity index (χ0) is 16.3. The van der Waals surface area contributed by atoms with Gasteiger partial charge in [-0.05, 0) is 43.9 Å². The van der Waals surface area contributed by atoms with Gasteiger partial charge in [0.2, 0.25) is 0 Å². The fraction of sp³-hybridized carbons (Fsp3) is 0.444. The van der Waals surface area contributed by atoms with Crippen LogP contribution in [0.4, 0.5) is 4.39 Å². The van der Waals surface area contributed by atoms with Crippen LogP contribution in [0, 0.1) is 11.7 Å². The molecular weight excluding hydrogens is 281 g/mol. The number of carbonyl (C=O) groups is 1. The summed E-state index contributed by atoms with van der Waals surface area (Å²) in [5.74, 6) is -0.611. The molecule has 0 bridgehead atoms. The van der Waals surface area contributed by atoms with Gasteiger partial charge >= 0.3 is 5.97 Å². The van der Waals surface area contributed by atoms with Gasteiger partial charge in [0.15, 0.2) is 0 Å². The smallest absolute Gasteiger partial charge is 0.336 e. The van der Waals surface area contributed by atoms with Crippen molar-refractivity contribution in [3.63, 3.8) is 0 Å². The second-order valence-electron chi connectivity index (χ2n) is 5.83. The van der Waals surface area contributed by atoms with Crippen LogP contribution in [-0.4, -0.2) is 18.3 Å². The Morgan fingerprint density at radius 1 is 1.36 bits per heavy atom. The number of benzene rings is 1. The lowest BCUT2D eigenvalue weighted by molar-refractivity contribution is -0.139. The molecule has 1 heterocycles. The molecule has 1 atom stereocenters. The summed E-state index contributed by atoms with van der Waals surface area (Å²) < 4.78 is 18.4. The van der Waals surface area contributed by atoms with Crippen LogP contribution in [0.25, 0.3) is 0 Å². The Bertz CT molecular complexity index is 614. The summed E-state index contributed by atoms with van der Waals surface area (Å²) in [6.45, 7) is 8.10. The summed E-state index contributed by atoms with van der Waals surface area (Å²) in [5.41, 5.74) is 3.27. The predicted octanol–water partition coefficient (Wildman–Crippen LogP) is 4.25. The Morgan fingerprint density at radius 2 is 2.00 bits per heavy atom. The van der Waals surface area contributed by atoms with Crippen molar-refractivity contribution in [2.45, 2.75) is 40.0 Å². The summed E-state index contributed by atoms with van der Waals surface area (Å²) in [6, 6.07) is 6.31. The molecule has 3 nitrogen and oxygen atoms in total. The van der Waals surface area contributed by atoms with Crippen LogP contribution in [0.5, 0.6) is 0 Å². The number of hydrogen-bond acceptors (Lipinski definition) is 3. The van der Waals surface area contributed by atoms with Gasteiger partial charge in [0, 0.05) is 11.6 Å². The number of halogens is 1. The van der Waals surface area contributed by atoms with Crippen LogP contribution < -0.4 is 0 Å². The minimum Gasteiger partial charge on any atom is -0.463 e. The number of rotatable bonds is 4. The van der Waals surface area contributed by atoms with E-state index in [1.165, 1.54) is 12.1 Å². The Labute approximate surface area is 130 Å². The lowest BCUT2D eigenvalue weighted by Gasteiger charge is -2.27. The van der Waals surface area contributed by atoms with Gasteiger partial charge in [-0.2, -0.15) is 0 Å². The van der Waals surface area contributed by atoms with Crippen LogP contribution in [0.15, 0.2) is 40.5 Å². The van der Waals surface area contributed by atoms with Crippen molar-refractivity contribution in [3.05, 3.63) is 46.9 Å². The SMILES string of the molecule is CCOC(=O)C1=C(C(C)C)N=C(C)CC1c1ccc(F)cc1. The maximum Gasteiger partial charge on any atom is 0.336 e. The molecule has 118 valence electrons. The lowest BCUT2D eigenvalue weighted by Crippen LogP contribution is -2.23. The quantitative estimate of drug-likeness (QED) is 0.780. The van der Waals surface area contributed by atoms with Crippen molar-refractivity contribution in [1.82, 2.24) is 0 Å². The molecule has 0 saturated carbocycles. The van der Waals surface area contributed by atoms with Gasteiger partial charge in [-0.3, -0.25) is 4.99 Å². The fourth-order valence-corrected chi connectivity index (χ4v) is 2.76. The number of aliphatic imine (C=N–C) groups is 1. The lowest BCUT2D eigenvalue weighted by atomic mass is 9.82. The van der Waals surface area contributed by atoms with Gasteiger partial charge in [-0.1, -0.05) is 26.0 Å². The van der Waals surface area contributed by atoms with E-state index < -0.39 is 0 Å². The molecule has 1 aromatic carbocycles. The Morgan fingerprint density at radius 3 is 2.55 bits per heavy atom. The van der Waals surface area contributed by atoms with Crippen LogP contribution in [-0.2, 0) is 9.53 Å². The van der Waals surface area contributed by atoms with Gasteiger partial charge in [0.25, 0.3) is 0 Å². The van der Waals surface area contributed by atoms with Crippen molar-refractivity contribution in [1.29, 1.82) is 0 Å². The van der Waals surface area contributed by atoms with Crippen LogP contribution >= 0.6 is 0 Å². The zero-order valence-electron chi connectivity index (χ0n) is 13.5. The van der Waals surface area contributed by atoms with Gasteiger partial charge in [-0.25, -0.2) is 9.18 Å². The second-order valence-corrected chi connectivity index (χ2v) is 5.83. The Balaban J connectivity index is 2.53. The van der Waals surface area contributed by atoms with Crippen LogP contribution in [0.2, 0.25) is 0 Å². The third-order valence-corrected chi connectivity index (χ3v) is 3.75. The van der Waals surface area contributed by atoms with Crippen molar-refractivity contribution in [3.8, 4) is 0 Å². The van der Waals surface area contributed by atoms with Gasteiger partial charge in [0.05, 0.1) is 17.9 Å². The molecule has 1 aliphatic heterocycles. The maximum absolute atomic E-state index is 13.2. The zero-order valence-corrected chi connectivity index (χ0v) is 13.5. The highest BCUT2D eigenvalue weighted by Gasteiger charge is 2.32. The first kappa shape index (κ1) is 16.4. The van der Waals surface area contributed by atoms with E-state index in [0.717, 1.165) is 17.0 Å². The topological polar surface area (TPSA) is 38.7 Å². The number of allylic oxidation sites excluding steroid dienone is 1. The van der Waals surface area contributed by atoms with Crippen molar-refractivity contribution < 1.29 is 13.9 Å². The normalized spacial score (nSPS) is 18.5. The first-order valence-electron chi connectivity index (χ1n) is 7.64. The van der Waals surface area contributed by atoms with E-state index >= 15 is 0 Å². The Hall–Kier alpha value is -1.97. The molecule has 2 rings (SSSR count). The average molecular weight is 303 g/mol. The van der Waals surface area contributed by atoms with Crippen LogP contribution in [0.1, 0.15) is 45.6 Å².